The number of hydrogen-bond donors (Lipinski definition) is 0. The predicted octanol–water partition coefficient (Wildman–Crippen LogP) is 1.16. The summed E-state index contributed by atoms with van der Waals surface area (Å²) in [6.45, 7) is 0. The van der Waals surface area contributed by atoms with Gasteiger partial charge in [0.15, 0.2) is 5.69 Å². The Morgan fingerprint density at radius 3 is 2.73 bits per heavy atom. The van der Waals surface area contributed by atoms with E-state index in [1.807, 2.05) is 41.1 Å². The van der Waals surface area contributed by atoms with E-state index in [9.17, 15) is 0 Å². The van der Waals surface area contributed by atoms with Crippen molar-refractivity contribution in [3.05, 3.63) is 42.9 Å². The van der Waals surface area contributed by atoms with E-state index < -0.39 is 0 Å². The molecule has 0 aromatic heterocycles. The van der Waals surface area contributed by atoms with Crippen LogP contribution in [0.15, 0.2) is 42.9 Å². The van der Waals surface area contributed by atoms with Crippen LogP contribution >= 0.6 is 0 Å². The Balaban J connectivity index is 2.17. The Bertz CT molecular complexity index is 545. The molecular weight excluding hydrogens is 190 g/mol. The van der Waals surface area contributed by atoms with Gasteiger partial charge >= 0.3 is 0 Å². The molecule has 1 aromatic rings. The van der Waals surface area contributed by atoms with E-state index in [0.717, 1.165) is 5.69 Å². The molecule has 1 aromatic carbocycles. The van der Waals surface area contributed by atoms with E-state index in [1.165, 1.54) is 0 Å². The van der Waals surface area contributed by atoms with E-state index in [1.54, 1.807) is 6.33 Å². The zero-order chi connectivity index (χ0) is 10.1. The largest absolute Gasteiger partial charge is 0.305 e. The molecule has 2 aliphatic rings. The highest BCUT2D eigenvalue weighted by Crippen LogP contribution is 2.13. The highest BCUT2D eigenvalue weighted by molar-refractivity contribution is 5.48. The summed E-state index contributed by atoms with van der Waals surface area (Å²) in [5, 5.41) is 11.2. The van der Waals surface area contributed by atoms with Crippen molar-refractivity contribution in [3.8, 4) is 17.2 Å². The minimum absolute atomic E-state index is 0.571. The number of nitrogens with zero attached hydrogens (tertiary/aromatic N) is 5. The van der Waals surface area contributed by atoms with Crippen LogP contribution in [0, 0.1) is 0 Å². The van der Waals surface area contributed by atoms with Crippen LogP contribution in [0.5, 0.6) is 0 Å². The zero-order valence-corrected chi connectivity index (χ0v) is 7.78. The Hall–Kier alpha value is -2.30. The van der Waals surface area contributed by atoms with Crippen LogP contribution in [0.25, 0.3) is 17.2 Å². The molecule has 0 aliphatic carbocycles. The lowest BCUT2D eigenvalue weighted by Gasteiger charge is -2.05. The first-order chi connectivity index (χ1) is 7.43. The number of fused-ring (bicyclic) bond motifs is 1. The third kappa shape index (κ3) is 1.34. The van der Waals surface area contributed by atoms with Crippen molar-refractivity contribution in [1.82, 2.24) is 25.0 Å². The molecule has 0 spiro atoms. The second-order valence-corrected chi connectivity index (χ2v) is 3.11. The molecule has 3 rings (SSSR count). The molecule has 0 saturated carbocycles. The third-order valence-corrected chi connectivity index (χ3v) is 2.14. The molecule has 0 atom stereocenters. The smallest absolute Gasteiger partial charge is 0.207 e. The quantitative estimate of drug-likeness (QED) is 0.587. The van der Waals surface area contributed by atoms with Gasteiger partial charge in [0.25, 0.3) is 0 Å². The minimum atomic E-state index is 0.571. The SMILES string of the molecule is c1ccc(-n2cnc3nnnc-3c2)cc1. The van der Waals surface area contributed by atoms with E-state index >= 15 is 0 Å². The normalized spacial score (nSPS) is 10.7. The number of para-hydroxylation sites is 1. The third-order valence-electron chi connectivity index (χ3n) is 2.14. The standard InChI is InChI=1S/C10H7N5/c1-2-4-8(5-3-1)15-6-9-10(11-7-15)13-14-12-9/h1-7H. The monoisotopic (exact) mass is 197 g/mol. The van der Waals surface area contributed by atoms with Crippen molar-refractivity contribution < 1.29 is 0 Å². The van der Waals surface area contributed by atoms with E-state index in [2.05, 4.69) is 20.4 Å². The number of rotatable bonds is 1. The summed E-state index contributed by atoms with van der Waals surface area (Å²) in [4.78, 5) is 4.14. The average molecular weight is 197 g/mol. The van der Waals surface area contributed by atoms with Gasteiger partial charge in [-0.3, -0.25) is 0 Å². The Labute approximate surface area is 85.8 Å². The predicted molar refractivity (Wildman–Crippen MR) is 53.6 cm³/mol. The van der Waals surface area contributed by atoms with Gasteiger partial charge < -0.3 is 4.57 Å². The molecule has 0 fully saturated rings. The topological polar surface area (TPSA) is 56.5 Å². The number of hydrogen-bond acceptors (Lipinski definition) is 4. The van der Waals surface area contributed by atoms with Crippen LogP contribution in [-0.2, 0) is 0 Å². The number of benzene rings is 1. The van der Waals surface area contributed by atoms with Gasteiger partial charge in [0.05, 0.1) is 0 Å². The lowest BCUT2D eigenvalue weighted by molar-refractivity contribution is 0.946. The molecule has 0 bridgehead atoms. The van der Waals surface area contributed by atoms with Crippen molar-refractivity contribution in [3.63, 3.8) is 0 Å². The van der Waals surface area contributed by atoms with Crippen LogP contribution in [-0.4, -0.2) is 25.0 Å². The Kier molecular flexibility index (Phi) is 1.68. The average Bonchev–Trinajstić information content (AvgIpc) is 2.77. The molecule has 2 heterocycles. The Morgan fingerprint density at radius 1 is 1.00 bits per heavy atom. The van der Waals surface area contributed by atoms with Gasteiger partial charge in [0.2, 0.25) is 5.82 Å². The van der Waals surface area contributed by atoms with Crippen molar-refractivity contribution in [2.45, 2.75) is 0 Å². The first kappa shape index (κ1) is 8.05. The molecule has 72 valence electrons. The highest BCUT2D eigenvalue weighted by Gasteiger charge is 2.08. The summed E-state index contributed by atoms with van der Waals surface area (Å²) in [6, 6.07) is 9.91. The van der Waals surface area contributed by atoms with Crippen LogP contribution in [0.2, 0.25) is 0 Å². The van der Waals surface area contributed by atoms with Gasteiger partial charge in [-0.2, -0.15) is 0 Å². The fourth-order valence-electron chi connectivity index (χ4n) is 1.41. The van der Waals surface area contributed by atoms with Gasteiger partial charge in [-0.05, 0) is 17.3 Å². The summed E-state index contributed by atoms with van der Waals surface area (Å²) in [7, 11) is 0. The lowest BCUT2D eigenvalue weighted by Crippen LogP contribution is -1.98. The summed E-state index contributed by atoms with van der Waals surface area (Å²) in [6.07, 6.45) is 3.56. The van der Waals surface area contributed by atoms with Gasteiger partial charge in [-0.15, -0.1) is 10.2 Å². The summed E-state index contributed by atoms with van der Waals surface area (Å²) in [5.41, 5.74) is 1.73. The molecule has 5 heteroatoms. The fourth-order valence-corrected chi connectivity index (χ4v) is 1.41. The summed E-state index contributed by atoms with van der Waals surface area (Å²) < 4.78 is 1.89. The van der Waals surface area contributed by atoms with Crippen LogP contribution in [0.4, 0.5) is 0 Å². The van der Waals surface area contributed by atoms with Gasteiger partial charge in [0, 0.05) is 11.9 Å². The Morgan fingerprint density at radius 2 is 1.87 bits per heavy atom. The van der Waals surface area contributed by atoms with Gasteiger partial charge in [-0.1, -0.05) is 18.2 Å². The first-order valence-corrected chi connectivity index (χ1v) is 4.52. The van der Waals surface area contributed by atoms with Crippen molar-refractivity contribution in [2.75, 3.05) is 0 Å². The molecule has 0 unspecified atom stereocenters. The summed E-state index contributed by atoms with van der Waals surface area (Å²) in [5.74, 6) is 0.571. The van der Waals surface area contributed by atoms with Crippen molar-refractivity contribution >= 4 is 0 Å². The molecule has 2 aliphatic heterocycles. The molecule has 15 heavy (non-hydrogen) atoms. The maximum atomic E-state index is 4.14. The lowest BCUT2D eigenvalue weighted by atomic mass is 10.3. The molecule has 0 amide bonds. The van der Waals surface area contributed by atoms with E-state index in [-0.39, 0.29) is 0 Å². The maximum Gasteiger partial charge on any atom is 0.207 e. The second kappa shape index (κ2) is 3.13. The van der Waals surface area contributed by atoms with Crippen molar-refractivity contribution in [2.24, 2.45) is 0 Å². The molecule has 0 radical (unpaired) electrons. The second-order valence-electron chi connectivity index (χ2n) is 3.11. The van der Waals surface area contributed by atoms with Crippen LogP contribution in [0.3, 0.4) is 0 Å². The molecule has 0 saturated heterocycles. The van der Waals surface area contributed by atoms with Gasteiger partial charge in [-0.25, -0.2) is 4.98 Å². The maximum absolute atomic E-state index is 4.14. The van der Waals surface area contributed by atoms with Crippen molar-refractivity contribution in [1.29, 1.82) is 0 Å². The molecular formula is C10H7N5. The van der Waals surface area contributed by atoms with Gasteiger partial charge in [0.1, 0.15) is 6.33 Å². The number of aromatic nitrogens is 5. The molecule has 0 N–H and O–H groups in total. The molecule has 5 nitrogen and oxygen atoms in total. The zero-order valence-electron chi connectivity index (χ0n) is 7.78. The minimum Gasteiger partial charge on any atom is -0.305 e. The van der Waals surface area contributed by atoms with Crippen LogP contribution < -0.4 is 0 Å². The first-order valence-electron chi connectivity index (χ1n) is 4.52. The highest BCUT2D eigenvalue weighted by atomic mass is 15.4. The van der Waals surface area contributed by atoms with E-state index in [0.29, 0.717) is 11.5 Å². The van der Waals surface area contributed by atoms with Crippen LogP contribution in [0.1, 0.15) is 0 Å². The summed E-state index contributed by atoms with van der Waals surface area (Å²) >= 11 is 0. The van der Waals surface area contributed by atoms with E-state index in [4.69, 9.17) is 0 Å². The fraction of sp³-hybridized carbons (Fsp3) is 0.